The lowest BCUT2D eigenvalue weighted by Gasteiger charge is -2.35. The van der Waals surface area contributed by atoms with Gasteiger partial charge in [0.1, 0.15) is 0 Å². The van der Waals surface area contributed by atoms with Gasteiger partial charge in [-0.3, -0.25) is 4.79 Å². The zero-order chi connectivity index (χ0) is 15.4. The molecule has 0 saturated carbocycles. The number of amides is 1. The maximum Gasteiger partial charge on any atom is 0.282 e. The fourth-order valence-electron chi connectivity index (χ4n) is 3.45. The quantitative estimate of drug-likeness (QED) is 0.875. The zero-order valence-electron chi connectivity index (χ0n) is 13.8. The summed E-state index contributed by atoms with van der Waals surface area (Å²) < 4.78 is 0. The number of carbonyl (C=O) groups excluding carboxylic acids is 1. The van der Waals surface area contributed by atoms with Gasteiger partial charge in [0.15, 0.2) is 6.04 Å². The molecule has 0 unspecified atom stereocenters. The Hall–Kier alpha value is -1.35. The Morgan fingerprint density at radius 1 is 1.24 bits per heavy atom. The number of piperidine rings is 1. The van der Waals surface area contributed by atoms with Gasteiger partial charge in [-0.2, -0.15) is 0 Å². The van der Waals surface area contributed by atoms with E-state index >= 15 is 0 Å². The van der Waals surface area contributed by atoms with Crippen LogP contribution in [0.5, 0.6) is 0 Å². The molecular weight excluding hydrogens is 260 g/mol. The molecule has 1 aromatic carbocycles. The van der Waals surface area contributed by atoms with E-state index in [0.29, 0.717) is 11.8 Å². The predicted octanol–water partition coefficient (Wildman–Crippen LogP) is 2.14. The van der Waals surface area contributed by atoms with Crippen molar-refractivity contribution in [2.45, 2.75) is 46.6 Å². The number of hydrogen-bond donors (Lipinski definition) is 2. The predicted molar refractivity (Wildman–Crippen MR) is 87.6 cm³/mol. The van der Waals surface area contributed by atoms with E-state index in [1.165, 1.54) is 16.9 Å². The number of anilines is 1. The van der Waals surface area contributed by atoms with E-state index in [0.717, 1.165) is 25.2 Å². The Morgan fingerprint density at radius 3 is 2.33 bits per heavy atom. The molecule has 1 saturated heterocycles. The molecule has 0 spiro atoms. The maximum absolute atomic E-state index is 12.4. The Balaban J connectivity index is 1.95. The van der Waals surface area contributed by atoms with Gasteiger partial charge in [0.05, 0.1) is 13.1 Å². The second-order valence-corrected chi connectivity index (χ2v) is 6.77. The van der Waals surface area contributed by atoms with Gasteiger partial charge in [0.25, 0.3) is 5.91 Å². The van der Waals surface area contributed by atoms with Crippen LogP contribution in [0.2, 0.25) is 0 Å². The lowest BCUT2D eigenvalue weighted by Crippen LogP contribution is -3.18. The average molecular weight is 289 g/mol. The van der Waals surface area contributed by atoms with Gasteiger partial charge in [-0.05, 0) is 37.5 Å². The topological polar surface area (TPSA) is 33.5 Å². The van der Waals surface area contributed by atoms with Crippen LogP contribution >= 0.6 is 0 Å². The van der Waals surface area contributed by atoms with E-state index in [1.54, 1.807) is 0 Å². The van der Waals surface area contributed by atoms with Crippen LogP contribution in [-0.4, -0.2) is 25.0 Å². The molecule has 21 heavy (non-hydrogen) atoms. The Labute approximate surface area is 128 Å². The Kier molecular flexibility index (Phi) is 5.40. The number of carbonyl (C=O) groups is 1. The lowest BCUT2D eigenvalue weighted by molar-refractivity contribution is -0.925. The second-order valence-electron chi connectivity index (χ2n) is 6.77. The summed E-state index contributed by atoms with van der Waals surface area (Å²) in [5, 5.41) is 3.06. The molecule has 1 heterocycles. The molecule has 3 atom stereocenters. The van der Waals surface area contributed by atoms with Crippen LogP contribution in [-0.2, 0) is 11.2 Å². The highest BCUT2D eigenvalue weighted by Crippen LogP contribution is 2.13. The van der Waals surface area contributed by atoms with Crippen LogP contribution in [0.1, 0.15) is 39.7 Å². The summed E-state index contributed by atoms with van der Waals surface area (Å²) in [6, 6.07) is 8.18. The SMILES string of the molecule is CCc1ccc(NC(=O)[C@@H](C)[NH+]2C[C@@H](C)C[C@H](C)C2)cc1. The first-order chi connectivity index (χ1) is 9.99. The summed E-state index contributed by atoms with van der Waals surface area (Å²) >= 11 is 0. The number of nitrogens with one attached hydrogen (secondary N) is 2. The highest BCUT2D eigenvalue weighted by atomic mass is 16.2. The molecule has 1 aromatic rings. The van der Waals surface area contributed by atoms with Crippen LogP contribution < -0.4 is 10.2 Å². The van der Waals surface area contributed by atoms with Gasteiger partial charge in [0.2, 0.25) is 0 Å². The molecule has 1 fully saturated rings. The van der Waals surface area contributed by atoms with E-state index < -0.39 is 0 Å². The molecular formula is C18H29N2O+. The summed E-state index contributed by atoms with van der Waals surface area (Å²) in [4.78, 5) is 13.9. The summed E-state index contributed by atoms with van der Waals surface area (Å²) in [6.45, 7) is 11.0. The molecule has 116 valence electrons. The highest BCUT2D eigenvalue weighted by Gasteiger charge is 2.32. The minimum Gasteiger partial charge on any atom is -0.324 e. The summed E-state index contributed by atoms with van der Waals surface area (Å²) in [5.41, 5.74) is 2.20. The van der Waals surface area contributed by atoms with Crippen molar-refractivity contribution in [3.8, 4) is 0 Å². The van der Waals surface area contributed by atoms with Gasteiger partial charge in [-0.25, -0.2) is 0 Å². The number of benzene rings is 1. The molecule has 1 aliphatic rings. The first kappa shape index (κ1) is 16.0. The van der Waals surface area contributed by atoms with Crippen molar-refractivity contribution < 1.29 is 9.69 Å². The third kappa shape index (κ3) is 4.31. The summed E-state index contributed by atoms with van der Waals surface area (Å²) in [6.07, 6.45) is 2.31. The van der Waals surface area contributed by atoms with Crippen molar-refractivity contribution in [2.24, 2.45) is 11.8 Å². The second kappa shape index (κ2) is 7.08. The van der Waals surface area contributed by atoms with E-state index in [1.807, 2.05) is 12.1 Å². The molecule has 0 aliphatic carbocycles. The molecule has 0 radical (unpaired) electrons. The van der Waals surface area contributed by atoms with Crippen LogP contribution in [0, 0.1) is 11.8 Å². The monoisotopic (exact) mass is 289 g/mol. The molecule has 1 amide bonds. The van der Waals surface area contributed by atoms with E-state index in [9.17, 15) is 4.79 Å². The van der Waals surface area contributed by atoms with E-state index in [-0.39, 0.29) is 11.9 Å². The van der Waals surface area contributed by atoms with Crippen molar-refractivity contribution in [1.29, 1.82) is 0 Å². The highest BCUT2D eigenvalue weighted by molar-refractivity contribution is 5.93. The zero-order valence-corrected chi connectivity index (χ0v) is 13.8. The number of rotatable bonds is 4. The molecule has 3 nitrogen and oxygen atoms in total. The molecule has 2 N–H and O–H groups in total. The van der Waals surface area contributed by atoms with Gasteiger partial charge in [-0.1, -0.05) is 32.9 Å². The fraction of sp³-hybridized carbons (Fsp3) is 0.611. The Bertz CT molecular complexity index is 459. The number of hydrogen-bond acceptors (Lipinski definition) is 1. The van der Waals surface area contributed by atoms with Crippen LogP contribution in [0.15, 0.2) is 24.3 Å². The van der Waals surface area contributed by atoms with Crippen molar-refractivity contribution in [3.05, 3.63) is 29.8 Å². The number of quaternary nitrogens is 1. The largest absolute Gasteiger partial charge is 0.324 e. The Morgan fingerprint density at radius 2 is 1.81 bits per heavy atom. The standard InChI is InChI=1S/C18H28N2O/c1-5-16-6-8-17(9-7-16)19-18(21)15(4)20-11-13(2)10-14(3)12-20/h6-9,13-15H,5,10-12H2,1-4H3,(H,19,21)/p+1/t13-,14-,15+/m0/s1. The van der Waals surface area contributed by atoms with Crippen molar-refractivity contribution in [1.82, 2.24) is 0 Å². The first-order valence-corrected chi connectivity index (χ1v) is 8.24. The van der Waals surface area contributed by atoms with E-state index in [2.05, 4.69) is 45.1 Å². The van der Waals surface area contributed by atoms with Crippen molar-refractivity contribution in [3.63, 3.8) is 0 Å². The molecule has 1 aliphatic heterocycles. The normalized spacial score (nSPS) is 27.1. The number of aryl methyl sites for hydroxylation is 1. The first-order valence-electron chi connectivity index (χ1n) is 8.24. The van der Waals surface area contributed by atoms with E-state index in [4.69, 9.17) is 0 Å². The molecule has 0 aromatic heterocycles. The van der Waals surface area contributed by atoms with Gasteiger partial charge in [0, 0.05) is 17.5 Å². The third-order valence-corrected chi connectivity index (χ3v) is 4.66. The lowest BCUT2D eigenvalue weighted by atomic mass is 9.91. The maximum atomic E-state index is 12.4. The van der Waals surface area contributed by atoms with Crippen molar-refractivity contribution in [2.75, 3.05) is 18.4 Å². The summed E-state index contributed by atoms with van der Waals surface area (Å²) in [5.74, 6) is 1.56. The van der Waals surface area contributed by atoms with Crippen molar-refractivity contribution >= 4 is 11.6 Å². The van der Waals surface area contributed by atoms with Gasteiger partial charge >= 0.3 is 0 Å². The van der Waals surface area contributed by atoms with Crippen LogP contribution in [0.3, 0.4) is 0 Å². The summed E-state index contributed by atoms with van der Waals surface area (Å²) in [7, 11) is 0. The van der Waals surface area contributed by atoms with Gasteiger partial charge < -0.3 is 10.2 Å². The van der Waals surface area contributed by atoms with Crippen LogP contribution in [0.25, 0.3) is 0 Å². The fourth-order valence-corrected chi connectivity index (χ4v) is 3.45. The minimum absolute atomic E-state index is 0.0149. The average Bonchev–Trinajstić information content (AvgIpc) is 2.46. The molecule has 0 bridgehead atoms. The van der Waals surface area contributed by atoms with Crippen LogP contribution in [0.4, 0.5) is 5.69 Å². The number of likely N-dealkylation sites (tertiary alicyclic amines) is 1. The third-order valence-electron chi connectivity index (χ3n) is 4.66. The van der Waals surface area contributed by atoms with Gasteiger partial charge in [-0.15, -0.1) is 0 Å². The molecule has 2 rings (SSSR count). The minimum atomic E-state index is 0.0149. The molecule has 3 heteroatoms. The smallest absolute Gasteiger partial charge is 0.282 e.